The molecule has 0 atom stereocenters. The molecule has 0 unspecified atom stereocenters. The molecule has 6 nitrogen and oxygen atoms in total. The summed E-state index contributed by atoms with van der Waals surface area (Å²) in [4.78, 5) is 35.2. The highest BCUT2D eigenvalue weighted by Crippen LogP contribution is 2.47. The summed E-state index contributed by atoms with van der Waals surface area (Å²) in [6.45, 7) is 5.47. The molecular formula is C18H29NO5. The van der Waals surface area contributed by atoms with Crippen LogP contribution in [0, 0.1) is 11.3 Å². The van der Waals surface area contributed by atoms with Crippen LogP contribution in [0.15, 0.2) is 0 Å². The summed E-state index contributed by atoms with van der Waals surface area (Å²) in [5, 5.41) is 12.7. The number of carboxylic acids is 1. The average molecular weight is 339 g/mol. The van der Waals surface area contributed by atoms with E-state index in [1.807, 2.05) is 20.8 Å². The van der Waals surface area contributed by atoms with Gasteiger partial charge in [-0.15, -0.1) is 0 Å². The largest absolute Gasteiger partial charge is 0.481 e. The maximum Gasteiger partial charge on any atom is 0.407 e. The van der Waals surface area contributed by atoms with Gasteiger partial charge in [-0.1, -0.05) is 0 Å². The third kappa shape index (κ3) is 4.48. The topological polar surface area (TPSA) is 92.7 Å². The number of ether oxygens (including phenoxy) is 1. The molecule has 1 amide bonds. The fourth-order valence-corrected chi connectivity index (χ4v) is 4.04. The fourth-order valence-electron chi connectivity index (χ4n) is 4.04. The van der Waals surface area contributed by atoms with E-state index >= 15 is 0 Å². The summed E-state index contributed by atoms with van der Waals surface area (Å²) in [6.07, 6.45) is 4.29. The monoisotopic (exact) mass is 339 g/mol. The van der Waals surface area contributed by atoms with Crippen molar-refractivity contribution in [3.8, 4) is 0 Å². The molecular weight excluding hydrogens is 310 g/mol. The van der Waals surface area contributed by atoms with Crippen molar-refractivity contribution in [3.05, 3.63) is 0 Å². The molecule has 0 radical (unpaired) electrons. The Hall–Kier alpha value is -1.59. The molecule has 0 aromatic rings. The molecule has 2 aliphatic carbocycles. The summed E-state index contributed by atoms with van der Waals surface area (Å²) in [7, 11) is 0. The molecule has 0 bridgehead atoms. The number of carbonyl (C=O) groups excluding carboxylic acids is 2. The van der Waals surface area contributed by atoms with Crippen LogP contribution in [0.5, 0.6) is 0 Å². The lowest BCUT2D eigenvalue weighted by molar-refractivity contribution is -0.157. The van der Waals surface area contributed by atoms with Crippen LogP contribution in [0.3, 0.4) is 0 Å². The zero-order chi connectivity index (χ0) is 18.0. The minimum Gasteiger partial charge on any atom is -0.481 e. The molecule has 6 heteroatoms. The summed E-state index contributed by atoms with van der Waals surface area (Å²) in [5.41, 5.74) is -1.28. The molecule has 2 rings (SSSR count). The first-order valence-electron chi connectivity index (χ1n) is 8.87. The Morgan fingerprint density at radius 1 is 1.12 bits per heavy atom. The van der Waals surface area contributed by atoms with Crippen molar-refractivity contribution in [3.63, 3.8) is 0 Å². The number of alkyl carbamates (subject to hydrolysis) is 1. The molecule has 0 saturated heterocycles. The van der Waals surface area contributed by atoms with Crippen molar-refractivity contribution in [1.82, 2.24) is 5.32 Å². The van der Waals surface area contributed by atoms with E-state index in [0.29, 0.717) is 25.7 Å². The predicted molar refractivity (Wildman–Crippen MR) is 88.7 cm³/mol. The van der Waals surface area contributed by atoms with Crippen molar-refractivity contribution < 1.29 is 24.2 Å². The van der Waals surface area contributed by atoms with Crippen LogP contribution in [0.2, 0.25) is 0 Å². The van der Waals surface area contributed by atoms with Crippen LogP contribution >= 0.6 is 0 Å². The Balaban J connectivity index is 1.90. The molecule has 2 saturated carbocycles. The van der Waals surface area contributed by atoms with Crippen molar-refractivity contribution >= 4 is 17.8 Å². The molecule has 2 N–H and O–H groups in total. The highest BCUT2D eigenvalue weighted by molar-refractivity contribution is 5.84. The summed E-state index contributed by atoms with van der Waals surface area (Å²) >= 11 is 0. The maximum absolute atomic E-state index is 11.9. The van der Waals surface area contributed by atoms with Gasteiger partial charge in [0.25, 0.3) is 0 Å². The predicted octanol–water partition coefficient (Wildman–Crippen LogP) is 3.28. The van der Waals surface area contributed by atoms with Crippen molar-refractivity contribution in [1.29, 1.82) is 0 Å². The van der Waals surface area contributed by atoms with Crippen LogP contribution in [0.1, 0.15) is 72.1 Å². The van der Waals surface area contributed by atoms with Crippen molar-refractivity contribution in [2.24, 2.45) is 11.3 Å². The zero-order valence-corrected chi connectivity index (χ0v) is 14.9. The van der Waals surface area contributed by atoms with Crippen molar-refractivity contribution in [2.75, 3.05) is 0 Å². The Kier molecular flexibility index (Phi) is 5.56. The van der Waals surface area contributed by atoms with E-state index in [2.05, 4.69) is 5.32 Å². The van der Waals surface area contributed by atoms with Gasteiger partial charge >= 0.3 is 12.1 Å². The quantitative estimate of drug-likeness (QED) is 0.823. The first-order chi connectivity index (χ1) is 11.1. The zero-order valence-electron chi connectivity index (χ0n) is 14.9. The van der Waals surface area contributed by atoms with Gasteiger partial charge in [0.1, 0.15) is 11.4 Å². The normalized spacial score (nSPS) is 27.4. The van der Waals surface area contributed by atoms with Crippen LogP contribution in [0.4, 0.5) is 4.79 Å². The standard InChI is InChI=1S/C18H29NO5/c1-17(2,3)24-16(23)19-13-6-4-12(5-7-13)18(15(21)22)10-8-14(20)9-11-18/h12-13H,4-11H2,1-3H3,(H,19,23)(H,21,22). The Morgan fingerprint density at radius 3 is 2.12 bits per heavy atom. The van der Waals surface area contributed by atoms with Gasteiger partial charge in [-0.2, -0.15) is 0 Å². The van der Waals surface area contributed by atoms with E-state index in [0.717, 1.165) is 25.7 Å². The number of ketones is 1. The van der Waals surface area contributed by atoms with Gasteiger partial charge in [0.15, 0.2) is 0 Å². The number of carboxylic acid groups (broad SMARTS) is 1. The third-order valence-corrected chi connectivity index (χ3v) is 5.36. The SMILES string of the molecule is CC(C)(C)OC(=O)NC1CCC(C2(C(=O)O)CCC(=O)CC2)CC1. The van der Waals surface area contributed by atoms with Gasteiger partial charge in [-0.25, -0.2) is 4.79 Å². The Morgan fingerprint density at radius 2 is 1.67 bits per heavy atom. The molecule has 24 heavy (non-hydrogen) atoms. The summed E-state index contributed by atoms with van der Waals surface area (Å²) < 4.78 is 5.27. The molecule has 136 valence electrons. The Bertz CT molecular complexity index is 490. The highest BCUT2D eigenvalue weighted by atomic mass is 16.6. The van der Waals surface area contributed by atoms with E-state index in [9.17, 15) is 19.5 Å². The van der Waals surface area contributed by atoms with Gasteiger partial charge < -0.3 is 15.2 Å². The lowest BCUT2D eigenvalue weighted by atomic mass is 9.61. The van der Waals surface area contributed by atoms with E-state index < -0.39 is 23.1 Å². The summed E-state index contributed by atoms with van der Waals surface area (Å²) in [6, 6.07) is 0.0344. The number of hydrogen-bond acceptors (Lipinski definition) is 4. The number of hydrogen-bond donors (Lipinski definition) is 2. The molecule has 2 fully saturated rings. The number of Topliss-reactive ketones (excluding diaryl/α,β-unsaturated/α-hetero) is 1. The van der Waals surface area contributed by atoms with E-state index in [1.165, 1.54) is 0 Å². The molecule has 0 aliphatic heterocycles. The van der Waals surface area contributed by atoms with Crippen LogP contribution < -0.4 is 5.32 Å². The maximum atomic E-state index is 11.9. The second-order valence-corrected chi connectivity index (χ2v) is 8.19. The van der Waals surface area contributed by atoms with E-state index in [1.54, 1.807) is 0 Å². The fraction of sp³-hybridized carbons (Fsp3) is 0.833. The number of aliphatic carboxylic acids is 1. The highest BCUT2D eigenvalue weighted by Gasteiger charge is 2.48. The molecule has 0 aromatic heterocycles. The van der Waals surface area contributed by atoms with E-state index in [-0.39, 0.29) is 17.7 Å². The third-order valence-electron chi connectivity index (χ3n) is 5.36. The van der Waals surface area contributed by atoms with Gasteiger partial charge in [0.05, 0.1) is 5.41 Å². The average Bonchev–Trinajstić information content (AvgIpc) is 2.47. The molecule has 0 heterocycles. The van der Waals surface area contributed by atoms with Crippen LogP contribution in [-0.4, -0.2) is 34.6 Å². The molecule has 0 spiro atoms. The van der Waals surface area contributed by atoms with E-state index in [4.69, 9.17) is 4.74 Å². The van der Waals surface area contributed by atoms with Gasteiger partial charge in [0.2, 0.25) is 0 Å². The molecule has 2 aliphatic rings. The number of rotatable bonds is 3. The van der Waals surface area contributed by atoms with Gasteiger partial charge in [0, 0.05) is 18.9 Å². The molecule has 0 aromatic carbocycles. The summed E-state index contributed by atoms with van der Waals surface area (Å²) in [5.74, 6) is -0.509. The Labute approximate surface area is 143 Å². The number of amides is 1. The second kappa shape index (κ2) is 7.11. The number of nitrogens with one attached hydrogen (secondary N) is 1. The lowest BCUT2D eigenvalue weighted by Gasteiger charge is -2.43. The lowest BCUT2D eigenvalue weighted by Crippen LogP contribution is -2.46. The second-order valence-electron chi connectivity index (χ2n) is 8.19. The number of carbonyl (C=O) groups is 3. The first-order valence-corrected chi connectivity index (χ1v) is 8.87. The van der Waals surface area contributed by atoms with Crippen LogP contribution in [0.25, 0.3) is 0 Å². The van der Waals surface area contributed by atoms with Crippen molar-refractivity contribution in [2.45, 2.75) is 83.8 Å². The van der Waals surface area contributed by atoms with Crippen LogP contribution in [-0.2, 0) is 14.3 Å². The first kappa shape index (κ1) is 18.7. The minimum absolute atomic E-state index is 0.0344. The van der Waals surface area contributed by atoms with Gasteiger partial charge in [-0.3, -0.25) is 9.59 Å². The smallest absolute Gasteiger partial charge is 0.407 e. The minimum atomic E-state index is -0.765. The van der Waals surface area contributed by atoms with Gasteiger partial charge in [-0.05, 0) is 65.2 Å².